The van der Waals surface area contributed by atoms with Gasteiger partial charge in [0.1, 0.15) is 0 Å². The first-order chi connectivity index (χ1) is 19.6. The predicted molar refractivity (Wildman–Crippen MR) is 163 cm³/mol. The quantitative estimate of drug-likeness (QED) is 0.250. The van der Waals surface area contributed by atoms with E-state index in [0.29, 0.717) is 17.5 Å². The fourth-order valence-electron chi connectivity index (χ4n) is 5.07. The van der Waals surface area contributed by atoms with Crippen LogP contribution in [0.1, 0.15) is 11.1 Å². The third kappa shape index (κ3) is 4.20. The van der Waals surface area contributed by atoms with Gasteiger partial charge in [-0.25, -0.2) is 15.0 Å². The summed E-state index contributed by atoms with van der Waals surface area (Å²) in [6.07, 6.45) is 3.60. The molecule has 0 fully saturated rings. The monoisotopic (exact) mass is 513 g/mol. The fraction of sp³-hybridized carbons (Fsp3) is 0. The molecule has 0 amide bonds. The molecule has 1 aliphatic carbocycles. The molecule has 5 heteroatoms. The van der Waals surface area contributed by atoms with Crippen LogP contribution in [-0.4, -0.2) is 26.4 Å². The first-order valence-electron chi connectivity index (χ1n) is 13.0. The molecule has 0 radical (unpaired) electrons. The van der Waals surface area contributed by atoms with Crippen LogP contribution in [0.2, 0.25) is 0 Å². The average molecular weight is 514 g/mol. The molecule has 1 aromatic heterocycles. The van der Waals surface area contributed by atoms with E-state index in [0.717, 1.165) is 49.7 Å². The normalized spacial score (nSPS) is 12.5. The van der Waals surface area contributed by atoms with Crippen LogP contribution in [0.5, 0.6) is 0 Å². The van der Waals surface area contributed by atoms with Crippen LogP contribution >= 0.6 is 0 Å². The SMILES string of the molecule is N=C1C=Cc2ccc3ccc(-c4ccc(-c5nc(-c6ccccc6)nc(-c6ccccc6)n5)cc4)cc3c2C1=N. The molecule has 0 aliphatic heterocycles. The Morgan fingerprint density at radius 1 is 0.450 bits per heavy atom. The van der Waals surface area contributed by atoms with E-state index in [2.05, 4.69) is 36.4 Å². The van der Waals surface area contributed by atoms with Gasteiger partial charge >= 0.3 is 0 Å². The van der Waals surface area contributed by atoms with Crippen molar-refractivity contribution in [2.45, 2.75) is 0 Å². The van der Waals surface area contributed by atoms with Gasteiger partial charge in [0, 0.05) is 22.3 Å². The molecule has 0 unspecified atom stereocenters. The van der Waals surface area contributed by atoms with E-state index in [-0.39, 0.29) is 11.4 Å². The number of hydrogen-bond acceptors (Lipinski definition) is 5. The lowest BCUT2D eigenvalue weighted by Gasteiger charge is -2.16. The van der Waals surface area contributed by atoms with Crippen LogP contribution in [-0.2, 0) is 0 Å². The Morgan fingerprint density at radius 3 is 1.55 bits per heavy atom. The molecular formula is C35H23N5. The summed E-state index contributed by atoms with van der Waals surface area (Å²) in [6, 6.07) is 38.5. The minimum atomic E-state index is 0.233. The first kappa shape index (κ1) is 23.6. The first-order valence-corrected chi connectivity index (χ1v) is 13.0. The van der Waals surface area contributed by atoms with Crippen molar-refractivity contribution in [3.8, 4) is 45.3 Å². The number of fused-ring (bicyclic) bond motifs is 3. The second-order valence-electron chi connectivity index (χ2n) is 9.70. The van der Waals surface area contributed by atoms with E-state index in [1.54, 1.807) is 6.08 Å². The molecule has 0 atom stereocenters. The highest BCUT2D eigenvalue weighted by atomic mass is 15.0. The largest absolute Gasteiger partial charge is 0.299 e. The molecule has 0 saturated heterocycles. The van der Waals surface area contributed by atoms with Gasteiger partial charge in [0.2, 0.25) is 0 Å². The maximum absolute atomic E-state index is 8.52. The number of nitrogens with one attached hydrogen (secondary N) is 2. The summed E-state index contributed by atoms with van der Waals surface area (Å²) >= 11 is 0. The summed E-state index contributed by atoms with van der Waals surface area (Å²) in [5, 5.41) is 18.7. The average Bonchev–Trinajstić information content (AvgIpc) is 3.03. The minimum absolute atomic E-state index is 0.233. The molecule has 0 spiro atoms. The summed E-state index contributed by atoms with van der Waals surface area (Å²) in [5.41, 5.74) is 7.16. The highest BCUT2D eigenvalue weighted by Crippen LogP contribution is 2.32. The molecule has 0 saturated carbocycles. The number of hydrogen-bond donors (Lipinski definition) is 2. The van der Waals surface area contributed by atoms with Crippen molar-refractivity contribution in [3.05, 3.63) is 132 Å². The molecule has 6 aromatic rings. The molecule has 188 valence electrons. The van der Waals surface area contributed by atoms with Crippen molar-refractivity contribution in [1.82, 2.24) is 15.0 Å². The zero-order valence-corrected chi connectivity index (χ0v) is 21.5. The lowest BCUT2D eigenvalue weighted by atomic mass is 9.88. The number of nitrogens with zero attached hydrogens (tertiary/aromatic N) is 3. The van der Waals surface area contributed by atoms with Gasteiger partial charge in [0.15, 0.2) is 17.5 Å². The lowest BCUT2D eigenvalue weighted by Crippen LogP contribution is -2.16. The Bertz CT molecular complexity index is 1900. The van der Waals surface area contributed by atoms with Crippen molar-refractivity contribution in [3.63, 3.8) is 0 Å². The third-order valence-corrected chi connectivity index (χ3v) is 7.18. The van der Waals surface area contributed by atoms with Crippen LogP contribution < -0.4 is 0 Å². The smallest absolute Gasteiger partial charge is 0.164 e. The minimum Gasteiger partial charge on any atom is -0.299 e. The summed E-state index contributed by atoms with van der Waals surface area (Å²) in [7, 11) is 0. The van der Waals surface area contributed by atoms with E-state index in [9.17, 15) is 0 Å². The molecule has 1 aliphatic rings. The highest BCUT2D eigenvalue weighted by molar-refractivity contribution is 6.53. The Morgan fingerprint density at radius 2 is 0.950 bits per heavy atom. The van der Waals surface area contributed by atoms with Crippen molar-refractivity contribution in [2.75, 3.05) is 0 Å². The number of allylic oxidation sites excluding steroid dienone is 1. The number of benzene rings is 5. The summed E-state index contributed by atoms with van der Waals surface area (Å²) in [5.74, 6) is 1.88. The van der Waals surface area contributed by atoms with Crippen LogP contribution in [0.15, 0.2) is 121 Å². The molecule has 40 heavy (non-hydrogen) atoms. The zero-order valence-electron chi connectivity index (χ0n) is 21.5. The van der Waals surface area contributed by atoms with Gasteiger partial charge in [0.25, 0.3) is 0 Å². The molecule has 7 rings (SSSR count). The highest BCUT2D eigenvalue weighted by Gasteiger charge is 2.18. The van der Waals surface area contributed by atoms with E-state index in [1.807, 2.05) is 84.9 Å². The van der Waals surface area contributed by atoms with Gasteiger partial charge in [-0.3, -0.25) is 10.8 Å². The Labute approximate surface area is 231 Å². The van der Waals surface area contributed by atoms with Gasteiger partial charge in [-0.05, 0) is 39.6 Å². The molecule has 0 bridgehead atoms. The molecule has 5 aromatic carbocycles. The van der Waals surface area contributed by atoms with Crippen molar-refractivity contribution < 1.29 is 0 Å². The Balaban J connectivity index is 1.30. The number of aromatic nitrogens is 3. The van der Waals surface area contributed by atoms with Gasteiger partial charge in [-0.2, -0.15) is 0 Å². The molecule has 5 nitrogen and oxygen atoms in total. The van der Waals surface area contributed by atoms with Crippen molar-refractivity contribution in [2.24, 2.45) is 0 Å². The Kier molecular flexibility index (Phi) is 5.68. The third-order valence-electron chi connectivity index (χ3n) is 7.18. The zero-order chi connectivity index (χ0) is 27.1. The second kappa shape index (κ2) is 9.64. The molecule has 2 N–H and O–H groups in total. The standard InChI is InChI=1S/C35H23N5/c36-30-20-19-24-15-13-23-14-18-28(21-29(23)31(24)32(30)37)22-11-16-27(17-12-22)35-39-33(25-7-3-1-4-8-25)38-34(40-35)26-9-5-2-6-10-26/h1-21,36-37H. The van der Waals surface area contributed by atoms with E-state index in [1.165, 1.54) is 0 Å². The second-order valence-corrected chi connectivity index (χ2v) is 9.70. The van der Waals surface area contributed by atoms with Crippen LogP contribution in [0.3, 0.4) is 0 Å². The van der Waals surface area contributed by atoms with Crippen LogP contribution in [0.4, 0.5) is 0 Å². The summed E-state index contributed by atoms with van der Waals surface area (Å²) in [6.45, 7) is 0. The van der Waals surface area contributed by atoms with Crippen LogP contribution in [0, 0.1) is 10.8 Å². The summed E-state index contributed by atoms with van der Waals surface area (Å²) in [4.78, 5) is 14.4. The maximum atomic E-state index is 8.52. The lowest BCUT2D eigenvalue weighted by molar-refractivity contribution is 1.07. The van der Waals surface area contributed by atoms with Gasteiger partial charge in [-0.15, -0.1) is 0 Å². The van der Waals surface area contributed by atoms with E-state index >= 15 is 0 Å². The van der Waals surface area contributed by atoms with E-state index < -0.39 is 0 Å². The van der Waals surface area contributed by atoms with Gasteiger partial charge in [-0.1, -0.05) is 115 Å². The van der Waals surface area contributed by atoms with Crippen LogP contribution in [0.25, 0.3) is 62.1 Å². The number of rotatable bonds is 4. The van der Waals surface area contributed by atoms with Gasteiger partial charge < -0.3 is 0 Å². The topological polar surface area (TPSA) is 86.4 Å². The molecular weight excluding hydrogens is 490 g/mol. The predicted octanol–water partition coefficient (Wildman–Crippen LogP) is 8.11. The molecule has 1 heterocycles. The fourth-order valence-corrected chi connectivity index (χ4v) is 5.07. The summed E-state index contributed by atoms with van der Waals surface area (Å²) < 4.78 is 0. The van der Waals surface area contributed by atoms with Gasteiger partial charge in [0.05, 0.1) is 11.4 Å². The van der Waals surface area contributed by atoms with E-state index in [4.69, 9.17) is 25.8 Å². The Hall–Kier alpha value is -5.55. The maximum Gasteiger partial charge on any atom is 0.164 e. The van der Waals surface area contributed by atoms with Crippen molar-refractivity contribution in [1.29, 1.82) is 10.8 Å². The van der Waals surface area contributed by atoms with Crippen molar-refractivity contribution >= 4 is 28.3 Å².